The molecule has 0 fully saturated rings. The summed E-state index contributed by atoms with van der Waals surface area (Å²) < 4.78 is 86.3. The van der Waals surface area contributed by atoms with E-state index in [9.17, 15) is 0 Å². The van der Waals surface area contributed by atoms with Gasteiger partial charge in [0, 0.05) is 5.41 Å². The first-order chi connectivity index (χ1) is 28.7. The fourth-order valence-corrected chi connectivity index (χ4v) is 8.53. The van der Waals surface area contributed by atoms with Crippen LogP contribution in [0.15, 0.2) is 170 Å². The predicted octanol–water partition coefficient (Wildman–Crippen LogP) is 13.5. The maximum atomic E-state index is 8.96. The van der Waals surface area contributed by atoms with Crippen molar-refractivity contribution in [1.82, 2.24) is 0 Å². The van der Waals surface area contributed by atoms with Crippen LogP contribution >= 0.6 is 0 Å². The third kappa shape index (κ3) is 4.18. The second-order valence-corrected chi connectivity index (χ2v) is 13.6. The van der Waals surface area contributed by atoms with Gasteiger partial charge in [-0.25, -0.2) is 0 Å². The van der Waals surface area contributed by atoms with E-state index in [-0.39, 0.29) is 47.1 Å². The van der Waals surface area contributed by atoms with Crippen LogP contribution in [-0.2, 0) is 11.8 Å². The molecule has 0 aromatic heterocycles. The zero-order valence-corrected chi connectivity index (χ0v) is 27.6. The van der Waals surface area contributed by atoms with Gasteiger partial charge >= 0.3 is 0 Å². The van der Waals surface area contributed by atoms with Crippen LogP contribution in [0.1, 0.15) is 49.8 Å². The maximum absolute atomic E-state index is 8.96. The molecule has 0 saturated heterocycles. The highest BCUT2D eigenvalue weighted by Crippen LogP contribution is 2.52. The van der Waals surface area contributed by atoms with Crippen molar-refractivity contribution in [3.05, 3.63) is 192 Å². The van der Waals surface area contributed by atoms with Crippen LogP contribution in [0.5, 0.6) is 0 Å². The largest absolute Gasteiger partial charge is 0.0629 e. The minimum absolute atomic E-state index is 0.0137. The summed E-state index contributed by atoms with van der Waals surface area (Å²) in [7, 11) is 0. The molecule has 1 aliphatic rings. The van der Waals surface area contributed by atoms with E-state index >= 15 is 0 Å². The van der Waals surface area contributed by atoms with Gasteiger partial charge in [-0.2, -0.15) is 0 Å². The molecular weight excluding hydrogens is 601 g/mol. The van der Waals surface area contributed by atoms with Gasteiger partial charge in [0.05, 0.1) is 13.7 Å². The molecule has 9 aromatic carbocycles. The Morgan fingerprint density at radius 3 is 1.90 bits per heavy atom. The van der Waals surface area contributed by atoms with E-state index in [1.807, 2.05) is 42.5 Å². The molecule has 236 valence electrons. The van der Waals surface area contributed by atoms with E-state index in [1.54, 1.807) is 6.07 Å². The lowest BCUT2D eigenvalue weighted by Gasteiger charge is -2.35. The van der Waals surface area contributed by atoms with E-state index in [2.05, 4.69) is 74.5 Å². The average Bonchev–Trinajstić information content (AvgIpc) is 3.26. The van der Waals surface area contributed by atoms with E-state index in [1.165, 1.54) is 27.6 Å². The number of benzene rings is 9. The molecule has 0 N–H and O–H groups in total. The average molecular weight is 647 g/mol. The number of fused-ring (bicyclic) bond motifs is 6. The summed E-state index contributed by atoms with van der Waals surface area (Å²) in [5.41, 5.74) is 8.07. The molecule has 0 unspecified atom stereocenters. The van der Waals surface area contributed by atoms with Crippen molar-refractivity contribution < 1.29 is 13.7 Å². The maximum Gasteiger partial charge on any atom is 0.0629 e. The number of rotatable bonds is 4. The van der Waals surface area contributed by atoms with Gasteiger partial charge in [-0.3, -0.25) is 0 Å². The highest BCUT2D eigenvalue weighted by molar-refractivity contribution is 6.26. The zero-order chi connectivity index (χ0) is 42.1. The predicted molar refractivity (Wildman–Crippen MR) is 214 cm³/mol. The Morgan fingerprint density at radius 2 is 1.06 bits per heavy atom. The second kappa shape index (κ2) is 11.0. The minimum atomic E-state index is -0.468. The van der Waals surface area contributed by atoms with Gasteiger partial charge in [0.15, 0.2) is 0 Å². The SMILES string of the molecule is [2H]c1c([2H])c([2H])c(Cc2c3ccccc3c(-c3ccc4c5c(cccc35)C(C)(C)c3ccccc3-4)c3ccc4c(-c5c([2H])c([2H])c([2H])c([2H])c5[2H])cccc4c23)c([2H])c1[2H]. The summed E-state index contributed by atoms with van der Waals surface area (Å²) in [6, 6.07) is 33.4. The molecule has 0 saturated carbocycles. The van der Waals surface area contributed by atoms with E-state index in [0.29, 0.717) is 10.9 Å². The van der Waals surface area contributed by atoms with Gasteiger partial charge < -0.3 is 0 Å². The Labute approximate surface area is 307 Å². The van der Waals surface area contributed by atoms with Crippen LogP contribution in [0.2, 0.25) is 0 Å². The van der Waals surface area contributed by atoms with E-state index in [4.69, 9.17) is 13.7 Å². The third-order valence-corrected chi connectivity index (χ3v) is 10.7. The molecule has 0 spiro atoms. The lowest BCUT2D eigenvalue weighted by Crippen LogP contribution is -2.23. The summed E-state index contributed by atoms with van der Waals surface area (Å²) in [6.07, 6.45) is 0.0137. The fourth-order valence-electron chi connectivity index (χ4n) is 8.53. The molecule has 0 atom stereocenters. The topological polar surface area (TPSA) is 0 Å². The summed E-state index contributed by atoms with van der Waals surface area (Å²) >= 11 is 0. The van der Waals surface area contributed by atoms with Crippen LogP contribution in [-0.4, -0.2) is 0 Å². The third-order valence-electron chi connectivity index (χ3n) is 10.7. The Hall–Kier alpha value is -5.98. The van der Waals surface area contributed by atoms with E-state index in [0.717, 1.165) is 49.0 Å². The van der Waals surface area contributed by atoms with Crippen molar-refractivity contribution in [2.75, 3.05) is 0 Å². The van der Waals surface area contributed by atoms with Gasteiger partial charge in [-0.1, -0.05) is 183 Å². The molecule has 0 aliphatic heterocycles. The van der Waals surface area contributed by atoms with Crippen LogP contribution in [0.4, 0.5) is 0 Å². The molecule has 0 bridgehead atoms. The standard InChI is InChI=1S/C50H36/c1-50(2)45-25-12-11-20-37(45)41-28-29-42(40-24-14-26-46(50)49(40)41)47-38-21-10-9-19-35(38)44(31-32-15-5-3-6-16-32)48-39-23-13-22-34(33-17-7-4-8-18-33)36(39)27-30-43(47)48/h3-30H,31H2,1-2H3/i3D,4D,5D,6D,7D,8D,15D,16D,17D,18D. The Bertz CT molecular complexity index is 3330. The quantitative estimate of drug-likeness (QED) is 0.132. The zero-order valence-electron chi connectivity index (χ0n) is 37.6. The molecule has 50 heavy (non-hydrogen) atoms. The number of hydrogen-bond donors (Lipinski definition) is 0. The van der Waals surface area contributed by atoms with Crippen LogP contribution < -0.4 is 0 Å². The van der Waals surface area contributed by atoms with Crippen molar-refractivity contribution >= 4 is 43.1 Å². The lowest BCUT2D eigenvalue weighted by molar-refractivity contribution is 0.645. The molecule has 1 aliphatic carbocycles. The minimum Gasteiger partial charge on any atom is -0.0622 e. The highest BCUT2D eigenvalue weighted by atomic mass is 14.4. The van der Waals surface area contributed by atoms with Gasteiger partial charge in [0.1, 0.15) is 0 Å². The van der Waals surface area contributed by atoms with Crippen molar-refractivity contribution in [3.8, 4) is 33.4 Å². The monoisotopic (exact) mass is 646 g/mol. The second-order valence-electron chi connectivity index (χ2n) is 13.6. The molecule has 0 amide bonds. The Balaban J connectivity index is 1.38. The molecule has 0 radical (unpaired) electrons. The molecule has 10 rings (SSSR count). The van der Waals surface area contributed by atoms with Crippen LogP contribution in [0.3, 0.4) is 0 Å². The van der Waals surface area contributed by atoms with Gasteiger partial charge in [-0.15, -0.1) is 0 Å². The molecule has 9 aromatic rings. The van der Waals surface area contributed by atoms with Crippen molar-refractivity contribution in [2.45, 2.75) is 25.7 Å². The highest BCUT2D eigenvalue weighted by Gasteiger charge is 2.34. The molecule has 0 heteroatoms. The van der Waals surface area contributed by atoms with E-state index < -0.39 is 36.3 Å². The summed E-state index contributed by atoms with van der Waals surface area (Å²) in [4.78, 5) is 0. The normalized spacial score (nSPS) is 16.0. The van der Waals surface area contributed by atoms with Gasteiger partial charge in [0.25, 0.3) is 0 Å². The van der Waals surface area contributed by atoms with Gasteiger partial charge in [-0.05, 0) is 105 Å². The van der Waals surface area contributed by atoms with Crippen molar-refractivity contribution in [2.24, 2.45) is 0 Å². The first-order valence-electron chi connectivity index (χ1n) is 21.9. The Morgan fingerprint density at radius 1 is 0.440 bits per heavy atom. The molecular formula is C50H36. The fraction of sp³-hybridized carbons (Fsp3) is 0.0800. The van der Waals surface area contributed by atoms with Crippen molar-refractivity contribution in [1.29, 1.82) is 0 Å². The number of hydrogen-bond acceptors (Lipinski definition) is 0. The van der Waals surface area contributed by atoms with Crippen molar-refractivity contribution in [3.63, 3.8) is 0 Å². The van der Waals surface area contributed by atoms with Crippen LogP contribution in [0.25, 0.3) is 76.5 Å². The first kappa shape index (κ1) is 20.5. The summed E-state index contributed by atoms with van der Waals surface area (Å²) in [5, 5.41) is 7.11. The first-order valence-corrected chi connectivity index (χ1v) is 16.9. The lowest BCUT2D eigenvalue weighted by atomic mass is 9.68. The molecule has 0 heterocycles. The summed E-state index contributed by atoms with van der Waals surface area (Å²) in [6.45, 7) is 4.54. The Kier molecular flexibility index (Phi) is 4.52. The smallest absolute Gasteiger partial charge is 0.0622 e. The summed E-state index contributed by atoms with van der Waals surface area (Å²) in [5.74, 6) is 0. The van der Waals surface area contributed by atoms with Crippen LogP contribution in [0, 0.1) is 0 Å². The van der Waals surface area contributed by atoms with Gasteiger partial charge in [0.2, 0.25) is 0 Å². The molecule has 0 nitrogen and oxygen atoms in total.